The van der Waals surface area contributed by atoms with E-state index >= 15 is 0 Å². The molecule has 0 spiro atoms. The van der Waals surface area contributed by atoms with Gasteiger partial charge in [0.2, 0.25) is 0 Å². The molecule has 0 aliphatic rings. The van der Waals surface area contributed by atoms with E-state index < -0.39 is 11.7 Å². The molecule has 5 N–H and O–H groups in total. The highest BCUT2D eigenvalue weighted by atomic mass is 19.4. The number of aromatic nitrogens is 14. The predicted octanol–water partition coefficient (Wildman–Crippen LogP) is 16.6. The molecule has 9 heterocycles. The van der Waals surface area contributed by atoms with Gasteiger partial charge in [0.15, 0.2) is 0 Å². The Bertz CT molecular complexity index is 4350. The second-order valence-corrected chi connectivity index (χ2v) is 19.8. The largest absolute Gasteiger partial charge is 0.507 e. The molecule has 438 valence electrons. The summed E-state index contributed by atoms with van der Waals surface area (Å²) >= 11 is 0. The minimum absolute atomic E-state index is 0.0616. The van der Waals surface area contributed by atoms with Crippen molar-refractivity contribution in [1.82, 2.24) is 69.2 Å². The van der Waals surface area contributed by atoms with Crippen molar-refractivity contribution in [3.05, 3.63) is 310 Å². The first-order valence-corrected chi connectivity index (χ1v) is 28.1. The van der Waals surface area contributed by atoms with Crippen molar-refractivity contribution < 1.29 is 18.3 Å². The number of rotatable bonds is 10. The number of phenolic OH excluding ortho intramolecular Hbond substituents is 1. The molecule has 6 aromatic carbocycles. The zero-order valence-electron chi connectivity index (χ0n) is 47.8. The summed E-state index contributed by atoms with van der Waals surface area (Å²) in [4.78, 5) is 29.6. The summed E-state index contributed by atoms with van der Waals surface area (Å²) in [5, 5.41) is 22.4. The number of hydrogen-bond acceptors (Lipinski definition) is 8. The summed E-state index contributed by atoms with van der Waals surface area (Å²) in [5.74, 6) is 0.250. The van der Waals surface area contributed by atoms with E-state index in [1.54, 1.807) is 84.6 Å². The van der Waals surface area contributed by atoms with E-state index in [1.165, 1.54) is 6.20 Å². The highest BCUT2D eigenvalue weighted by Crippen LogP contribution is 2.37. The number of aromatic amines is 4. The monoisotopic (exact) mass is 1180 g/mol. The number of alkyl halides is 3. The molecule has 15 nitrogen and oxygen atoms in total. The van der Waals surface area contributed by atoms with Gasteiger partial charge in [-0.3, -0.25) is 0 Å². The lowest BCUT2D eigenvalue weighted by Gasteiger charge is -2.09. The van der Waals surface area contributed by atoms with Crippen LogP contribution in [0.3, 0.4) is 0 Å². The fourth-order valence-electron chi connectivity index (χ4n) is 9.47. The van der Waals surface area contributed by atoms with E-state index in [0.29, 0.717) is 11.3 Å². The topological polar surface area (TPSA) is 188 Å². The summed E-state index contributed by atoms with van der Waals surface area (Å²) in [6, 6.07) is 73.1. The van der Waals surface area contributed by atoms with Gasteiger partial charge in [0.05, 0.1) is 75.6 Å². The Morgan fingerprint density at radius 1 is 0.416 bits per heavy atom. The Morgan fingerprint density at radius 3 is 1.43 bits per heavy atom. The fourth-order valence-corrected chi connectivity index (χ4v) is 9.47. The van der Waals surface area contributed by atoms with Crippen molar-refractivity contribution in [1.29, 1.82) is 0 Å². The highest BCUT2D eigenvalue weighted by Gasteiger charge is 2.34. The maximum atomic E-state index is 12.9. The summed E-state index contributed by atoms with van der Waals surface area (Å²) in [5.41, 5.74) is 15.5. The zero-order chi connectivity index (χ0) is 61.2. The van der Waals surface area contributed by atoms with Crippen molar-refractivity contribution in [3.8, 4) is 102 Å². The Balaban J connectivity index is 0.000000115. The number of nitrogens with zero attached hydrogens (tertiary/aromatic N) is 10. The van der Waals surface area contributed by atoms with E-state index in [0.717, 1.165) is 90.8 Å². The molecule has 0 saturated heterocycles. The number of halogens is 3. The van der Waals surface area contributed by atoms with E-state index in [1.807, 2.05) is 187 Å². The van der Waals surface area contributed by atoms with Gasteiger partial charge in [-0.25, -0.2) is 34.0 Å². The van der Waals surface area contributed by atoms with Gasteiger partial charge in [0.1, 0.15) is 11.4 Å². The van der Waals surface area contributed by atoms with Gasteiger partial charge < -0.3 is 25.0 Å². The van der Waals surface area contributed by atoms with E-state index in [-0.39, 0.29) is 11.4 Å². The number of benzene rings is 6. The van der Waals surface area contributed by atoms with Crippen LogP contribution in [0.2, 0.25) is 0 Å². The van der Waals surface area contributed by atoms with Crippen LogP contribution in [0.15, 0.2) is 299 Å². The van der Waals surface area contributed by atoms with Crippen LogP contribution in [0.25, 0.3) is 96.0 Å². The maximum Gasteiger partial charge on any atom is 0.418 e. The van der Waals surface area contributed by atoms with E-state index in [4.69, 9.17) is 0 Å². The summed E-state index contributed by atoms with van der Waals surface area (Å²) < 4.78 is 44.0. The lowest BCUT2D eigenvalue weighted by Crippen LogP contribution is -2.05. The standard InChI is InChI=1S/C17H13NO.C15H13N3.C14H10F3N3.C13H11N3.C12H10N4/c19-17-12-5-4-9-14(17)16-11-6-10-15(18-16)13-7-2-1-3-8-13;1-11-15(17-10-16-11)14-9-5-8-13(18-14)12-6-3-2-4-7-12;15-14(16,17)12-5-7-18-13(12)10-3-1-4-11(9-10)20-8-2-6-19-20;1-4-11(13-6-2-7-14-13)10-12(5-1)16-9-3-8-15-16;1-3-10(12-8-13-9-14-12)7-11(4-1)16-6-2-5-15-16/h1-12,19H;2-10H,1H3,(H,16,17);1-9,18H;1-10,14H;1-9H,(H,13,14). The molecule has 0 unspecified atom stereocenters. The molecule has 0 saturated carbocycles. The first-order chi connectivity index (χ1) is 43.6. The van der Waals surface area contributed by atoms with Crippen molar-refractivity contribution in [2.24, 2.45) is 0 Å². The zero-order valence-corrected chi connectivity index (χ0v) is 47.8. The van der Waals surface area contributed by atoms with Crippen molar-refractivity contribution in [2.45, 2.75) is 13.1 Å². The van der Waals surface area contributed by atoms with Crippen LogP contribution in [0.4, 0.5) is 13.2 Å². The van der Waals surface area contributed by atoms with Crippen LogP contribution in [0.1, 0.15) is 11.3 Å². The predicted molar refractivity (Wildman–Crippen MR) is 342 cm³/mol. The Hall–Kier alpha value is -12.2. The third-order valence-electron chi connectivity index (χ3n) is 13.8. The highest BCUT2D eigenvalue weighted by molar-refractivity contribution is 5.71. The van der Waals surface area contributed by atoms with Crippen LogP contribution in [-0.2, 0) is 6.18 Å². The second-order valence-electron chi connectivity index (χ2n) is 19.8. The number of pyridine rings is 2. The summed E-state index contributed by atoms with van der Waals surface area (Å²) in [6.45, 7) is 2.00. The number of aromatic hydroxyl groups is 1. The normalized spacial score (nSPS) is 10.7. The molecule has 0 atom stereocenters. The van der Waals surface area contributed by atoms with Gasteiger partial charge in [-0.1, -0.05) is 121 Å². The molecule has 9 aromatic heterocycles. The number of imidazole rings is 2. The molecule has 0 aliphatic carbocycles. The van der Waals surface area contributed by atoms with Crippen molar-refractivity contribution >= 4 is 0 Å². The lowest BCUT2D eigenvalue weighted by molar-refractivity contribution is -0.137. The number of aryl methyl sites for hydroxylation is 1. The minimum atomic E-state index is -4.38. The quantitative estimate of drug-likeness (QED) is 0.0894. The first kappa shape index (κ1) is 58.6. The summed E-state index contributed by atoms with van der Waals surface area (Å²) in [6.07, 6.45) is 14.8. The molecule has 0 radical (unpaired) electrons. The van der Waals surface area contributed by atoms with Crippen molar-refractivity contribution in [3.63, 3.8) is 0 Å². The number of nitrogens with one attached hydrogen (secondary N) is 4. The maximum absolute atomic E-state index is 12.9. The van der Waals surface area contributed by atoms with Gasteiger partial charge in [-0.05, 0) is 116 Å². The molecule has 0 fully saturated rings. The third-order valence-corrected chi connectivity index (χ3v) is 13.8. The smallest absolute Gasteiger partial charge is 0.418 e. The van der Waals surface area contributed by atoms with Gasteiger partial charge in [-0.15, -0.1) is 0 Å². The fraction of sp³-hybridized carbons (Fsp3) is 0.0282. The average molecular weight is 1180 g/mol. The molecule has 0 aliphatic heterocycles. The van der Waals surface area contributed by atoms with E-state index in [9.17, 15) is 18.3 Å². The van der Waals surface area contributed by atoms with Gasteiger partial charge in [0, 0.05) is 94.3 Å². The first-order valence-electron chi connectivity index (χ1n) is 28.1. The molecule has 0 amide bonds. The molecule has 0 bridgehead atoms. The molecular weight excluding hydrogens is 1120 g/mol. The second kappa shape index (κ2) is 28.1. The van der Waals surface area contributed by atoms with Gasteiger partial charge >= 0.3 is 6.18 Å². The Morgan fingerprint density at radius 2 is 0.921 bits per heavy atom. The van der Waals surface area contributed by atoms with Gasteiger partial charge in [-0.2, -0.15) is 28.5 Å². The van der Waals surface area contributed by atoms with Crippen LogP contribution >= 0.6 is 0 Å². The van der Waals surface area contributed by atoms with Crippen LogP contribution in [0, 0.1) is 6.92 Å². The van der Waals surface area contributed by atoms with Crippen LogP contribution in [0.5, 0.6) is 5.75 Å². The number of para-hydroxylation sites is 1. The summed E-state index contributed by atoms with van der Waals surface area (Å²) in [7, 11) is 0. The third kappa shape index (κ3) is 15.0. The molecule has 15 aromatic rings. The van der Waals surface area contributed by atoms with Gasteiger partial charge in [0.25, 0.3) is 0 Å². The number of hydrogen-bond donors (Lipinski definition) is 5. The van der Waals surface area contributed by atoms with E-state index in [2.05, 4.69) is 91.6 Å². The average Bonchev–Trinajstić information content (AvgIpc) is 2.38. The SMILES string of the molecule is Cc1[nH]cnc1-c1cccc(-c2ccccc2)n1.FC(F)(F)c1cc[nH]c1-c1cccc(-n2cccn2)c1.Oc1ccccc1-c1cccc(-c2ccccc2)n1.c1cc(-c2ccc[nH]2)cc(-n2cccn2)c1.c1cc(-c2cnc[nH]2)cc(-n2cccn2)c1. The van der Waals surface area contributed by atoms with Crippen LogP contribution in [-0.4, -0.2) is 74.3 Å². The van der Waals surface area contributed by atoms with Crippen LogP contribution < -0.4 is 0 Å². The molecular formula is C71H57F3N14O. The molecule has 15 rings (SSSR count). The lowest BCUT2D eigenvalue weighted by atomic mass is 10.1. The minimum Gasteiger partial charge on any atom is -0.507 e. The van der Waals surface area contributed by atoms with Crippen molar-refractivity contribution in [2.75, 3.05) is 0 Å². The number of H-pyrrole nitrogens is 4. The molecule has 89 heavy (non-hydrogen) atoms. The Kier molecular flexibility index (Phi) is 18.5. The Labute approximate surface area is 510 Å². The number of phenols is 1. The molecule has 18 heteroatoms.